The highest BCUT2D eigenvalue weighted by Crippen LogP contribution is 2.36. The Morgan fingerprint density at radius 2 is 1.86 bits per heavy atom. The van der Waals surface area contributed by atoms with Crippen molar-refractivity contribution in [3.8, 4) is 17.2 Å². The Labute approximate surface area is 139 Å². The number of hydrogen-bond donors (Lipinski definition) is 2. The number of anilines is 1. The van der Waals surface area contributed by atoms with E-state index in [0.29, 0.717) is 30.3 Å². The number of methoxy groups -OCH3 is 1. The predicted octanol–water partition coefficient (Wildman–Crippen LogP) is 4.72. The van der Waals surface area contributed by atoms with Gasteiger partial charge in [-0.15, -0.1) is 0 Å². The Morgan fingerprint density at radius 1 is 1.18 bits per heavy atom. The maximum absolute atomic E-state index is 9.57. The van der Waals surface area contributed by atoms with Gasteiger partial charge in [0.25, 0.3) is 0 Å². The Bertz CT molecular complexity index is 639. The molecule has 0 aromatic heterocycles. The fourth-order valence-corrected chi connectivity index (χ4v) is 2.52. The molecular formula is C16H17Cl2NO3. The topological polar surface area (TPSA) is 50.7 Å². The smallest absolute Gasteiger partial charge is 0.166 e. The summed E-state index contributed by atoms with van der Waals surface area (Å²) in [6.07, 6.45) is 0. The molecule has 22 heavy (non-hydrogen) atoms. The highest BCUT2D eigenvalue weighted by Gasteiger charge is 2.11. The molecule has 0 atom stereocenters. The summed E-state index contributed by atoms with van der Waals surface area (Å²) in [5.41, 5.74) is 1.65. The summed E-state index contributed by atoms with van der Waals surface area (Å²) >= 11 is 11.8. The van der Waals surface area contributed by atoms with Crippen molar-refractivity contribution in [1.29, 1.82) is 0 Å². The second kappa shape index (κ2) is 7.47. The average Bonchev–Trinajstić information content (AvgIpc) is 2.51. The highest BCUT2D eigenvalue weighted by molar-refractivity contribution is 6.37. The average molecular weight is 342 g/mol. The summed E-state index contributed by atoms with van der Waals surface area (Å²) in [6, 6.07) is 8.93. The number of phenolic OH excluding ortho intramolecular Hbond substituents is 1. The highest BCUT2D eigenvalue weighted by atomic mass is 35.5. The minimum absolute atomic E-state index is 0.120. The van der Waals surface area contributed by atoms with Crippen LogP contribution in [0.15, 0.2) is 30.3 Å². The summed E-state index contributed by atoms with van der Waals surface area (Å²) in [4.78, 5) is 0. The molecule has 2 aromatic rings. The van der Waals surface area contributed by atoms with Crippen LogP contribution in [0.3, 0.4) is 0 Å². The number of phenols is 1. The molecule has 0 aliphatic heterocycles. The SMILES string of the molecule is CCOc1c(CNc2cc(Cl)c(O)c(Cl)c2)cccc1OC. The van der Waals surface area contributed by atoms with Crippen LogP contribution in [-0.4, -0.2) is 18.8 Å². The maximum Gasteiger partial charge on any atom is 0.166 e. The molecule has 0 bridgehead atoms. The fourth-order valence-electron chi connectivity index (χ4n) is 2.03. The van der Waals surface area contributed by atoms with Gasteiger partial charge in [0.15, 0.2) is 17.2 Å². The van der Waals surface area contributed by atoms with Crippen LogP contribution in [0.5, 0.6) is 17.2 Å². The second-order valence-corrected chi connectivity index (χ2v) is 5.34. The summed E-state index contributed by atoms with van der Waals surface area (Å²) in [7, 11) is 1.61. The molecule has 0 aliphatic carbocycles. The lowest BCUT2D eigenvalue weighted by molar-refractivity contribution is 0.308. The van der Waals surface area contributed by atoms with Crippen LogP contribution in [0.25, 0.3) is 0 Å². The van der Waals surface area contributed by atoms with Gasteiger partial charge in [-0.25, -0.2) is 0 Å². The summed E-state index contributed by atoms with van der Waals surface area (Å²) < 4.78 is 11.0. The number of benzene rings is 2. The van der Waals surface area contributed by atoms with Crippen LogP contribution in [0.1, 0.15) is 12.5 Å². The van der Waals surface area contributed by atoms with Crippen molar-refractivity contribution in [2.75, 3.05) is 19.0 Å². The first kappa shape index (κ1) is 16.6. The van der Waals surface area contributed by atoms with Crippen molar-refractivity contribution >= 4 is 28.9 Å². The lowest BCUT2D eigenvalue weighted by atomic mass is 10.1. The number of halogens is 2. The van der Waals surface area contributed by atoms with Gasteiger partial charge in [-0.1, -0.05) is 35.3 Å². The van der Waals surface area contributed by atoms with E-state index in [2.05, 4.69) is 5.32 Å². The van der Waals surface area contributed by atoms with Crippen LogP contribution < -0.4 is 14.8 Å². The van der Waals surface area contributed by atoms with Crippen molar-refractivity contribution < 1.29 is 14.6 Å². The minimum Gasteiger partial charge on any atom is -0.505 e. The first-order valence-corrected chi connectivity index (χ1v) is 7.53. The van der Waals surface area contributed by atoms with Gasteiger partial charge in [0.2, 0.25) is 0 Å². The monoisotopic (exact) mass is 341 g/mol. The van der Waals surface area contributed by atoms with E-state index in [9.17, 15) is 5.11 Å². The summed E-state index contributed by atoms with van der Waals surface area (Å²) in [5.74, 6) is 1.27. The fraction of sp³-hybridized carbons (Fsp3) is 0.250. The van der Waals surface area contributed by atoms with E-state index >= 15 is 0 Å². The lowest BCUT2D eigenvalue weighted by Crippen LogP contribution is -2.04. The lowest BCUT2D eigenvalue weighted by Gasteiger charge is -2.15. The van der Waals surface area contributed by atoms with Crippen molar-refractivity contribution in [3.05, 3.63) is 45.9 Å². The van der Waals surface area contributed by atoms with Gasteiger partial charge < -0.3 is 19.9 Å². The molecule has 0 radical (unpaired) electrons. The zero-order chi connectivity index (χ0) is 16.1. The molecule has 2 rings (SSSR count). The maximum atomic E-state index is 9.57. The molecule has 118 valence electrons. The molecule has 4 nitrogen and oxygen atoms in total. The Kier molecular flexibility index (Phi) is 5.63. The van der Waals surface area contributed by atoms with E-state index in [1.807, 2.05) is 25.1 Å². The molecule has 0 spiro atoms. The number of hydrogen-bond acceptors (Lipinski definition) is 4. The molecule has 0 unspecified atom stereocenters. The molecule has 6 heteroatoms. The Hall–Kier alpha value is -1.78. The van der Waals surface area contributed by atoms with Crippen LogP contribution in [0.2, 0.25) is 10.0 Å². The third kappa shape index (κ3) is 3.70. The molecular weight excluding hydrogens is 325 g/mol. The van der Waals surface area contributed by atoms with Crippen molar-refractivity contribution in [2.24, 2.45) is 0 Å². The van der Waals surface area contributed by atoms with E-state index in [0.717, 1.165) is 5.56 Å². The molecule has 0 aliphatic rings. The van der Waals surface area contributed by atoms with Crippen molar-refractivity contribution in [1.82, 2.24) is 0 Å². The van der Waals surface area contributed by atoms with Gasteiger partial charge in [0.1, 0.15) is 0 Å². The number of ether oxygens (including phenoxy) is 2. The molecule has 2 N–H and O–H groups in total. The Balaban J connectivity index is 2.21. The van der Waals surface area contributed by atoms with Gasteiger partial charge in [-0.05, 0) is 25.1 Å². The summed E-state index contributed by atoms with van der Waals surface area (Å²) in [6.45, 7) is 2.97. The van der Waals surface area contributed by atoms with Gasteiger partial charge >= 0.3 is 0 Å². The standard InChI is InChI=1S/C16H17Cl2NO3/c1-3-22-16-10(5-4-6-14(16)21-2)9-19-11-7-12(17)15(20)13(18)8-11/h4-8,19-20H,3,9H2,1-2H3. The van der Waals surface area contributed by atoms with Gasteiger partial charge in [-0.2, -0.15) is 0 Å². The molecule has 0 fully saturated rings. The number of para-hydroxylation sites is 1. The summed E-state index contributed by atoms with van der Waals surface area (Å²) in [5, 5.41) is 13.2. The van der Waals surface area contributed by atoms with Crippen LogP contribution in [-0.2, 0) is 6.54 Å². The quantitative estimate of drug-likeness (QED) is 0.746. The number of nitrogens with one attached hydrogen (secondary N) is 1. The van der Waals surface area contributed by atoms with Crippen molar-refractivity contribution in [3.63, 3.8) is 0 Å². The zero-order valence-electron chi connectivity index (χ0n) is 12.3. The van der Waals surface area contributed by atoms with Crippen molar-refractivity contribution in [2.45, 2.75) is 13.5 Å². The second-order valence-electron chi connectivity index (χ2n) is 4.52. The van der Waals surface area contributed by atoms with Crippen LogP contribution >= 0.6 is 23.2 Å². The molecule has 0 saturated carbocycles. The third-order valence-electron chi connectivity index (χ3n) is 3.07. The van der Waals surface area contributed by atoms with Crippen LogP contribution in [0, 0.1) is 0 Å². The van der Waals surface area contributed by atoms with Gasteiger partial charge in [-0.3, -0.25) is 0 Å². The molecule has 2 aromatic carbocycles. The zero-order valence-corrected chi connectivity index (χ0v) is 13.8. The van der Waals surface area contributed by atoms with E-state index in [1.54, 1.807) is 19.2 Å². The normalized spacial score (nSPS) is 10.4. The van der Waals surface area contributed by atoms with Gasteiger partial charge in [0.05, 0.1) is 23.8 Å². The largest absolute Gasteiger partial charge is 0.505 e. The van der Waals surface area contributed by atoms with Crippen LogP contribution in [0.4, 0.5) is 5.69 Å². The minimum atomic E-state index is -0.120. The molecule has 0 heterocycles. The van der Waals surface area contributed by atoms with E-state index in [1.165, 1.54) is 0 Å². The molecule has 0 amide bonds. The van der Waals surface area contributed by atoms with E-state index in [4.69, 9.17) is 32.7 Å². The van der Waals surface area contributed by atoms with Gasteiger partial charge in [0, 0.05) is 17.8 Å². The number of rotatable bonds is 6. The predicted molar refractivity (Wildman–Crippen MR) is 89.6 cm³/mol. The third-order valence-corrected chi connectivity index (χ3v) is 3.65. The van der Waals surface area contributed by atoms with E-state index in [-0.39, 0.29) is 15.8 Å². The molecule has 0 saturated heterocycles. The first-order valence-electron chi connectivity index (χ1n) is 6.77. The van der Waals surface area contributed by atoms with E-state index < -0.39 is 0 Å². The number of aromatic hydroxyl groups is 1. The Morgan fingerprint density at radius 3 is 2.45 bits per heavy atom. The first-order chi connectivity index (χ1) is 10.6.